The van der Waals surface area contributed by atoms with E-state index in [1.807, 2.05) is 0 Å². The van der Waals surface area contributed by atoms with Gasteiger partial charge in [0.05, 0.1) is 5.56 Å². The highest BCUT2D eigenvalue weighted by atomic mass is 16.5. The number of para-hydroxylation sites is 1. The lowest BCUT2D eigenvalue weighted by Crippen LogP contribution is -2.36. The number of nitrogens with one attached hydrogen (secondary N) is 1. The predicted molar refractivity (Wildman–Crippen MR) is 89.3 cm³/mol. The smallest absolute Gasteiger partial charge is 0.526 e. The van der Waals surface area contributed by atoms with Crippen molar-refractivity contribution >= 4 is 18.9 Å². The van der Waals surface area contributed by atoms with Gasteiger partial charge in [0.15, 0.2) is 0 Å². The van der Waals surface area contributed by atoms with Gasteiger partial charge in [-0.25, -0.2) is 4.79 Å². The van der Waals surface area contributed by atoms with Crippen LogP contribution in [0.15, 0.2) is 18.2 Å². The Balaban J connectivity index is 1.64. The molecule has 1 aromatic carbocycles. The molecule has 1 fully saturated rings. The summed E-state index contributed by atoms with van der Waals surface area (Å²) in [5.74, 6) is -0.617. The third-order valence-electron chi connectivity index (χ3n) is 4.92. The molecule has 2 heterocycles. The van der Waals surface area contributed by atoms with Crippen LogP contribution in [0.3, 0.4) is 0 Å². The van der Waals surface area contributed by atoms with Crippen LogP contribution in [0.5, 0.6) is 5.75 Å². The Morgan fingerprint density at radius 2 is 2.00 bits per heavy atom. The molecular formula is C17H22BNO5. The van der Waals surface area contributed by atoms with E-state index >= 15 is 0 Å². The van der Waals surface area contributed by atoms with E-state index in [-0.39, 0.29) is 29.3 Å². The molecule has 1 atom stereocenters. The number of ketones is 1. The summed E-state index contributed by atoms with van der Waals surface area (Å²) in [7, 11) is -1.14. The van der Waals surface area contributed by atoms with Gasteiger partial charge < -0.3 is 20.1 Å². The fraction of sp³-hybridized carbons (Fsp3) is 0.529. The number of Topliss-reactive ketones (excluding diaryl/α,β-unsaturated/α-hetero) is 1. The lowest BCUT2D eigenvalue weighted by molar-refractivity contribution is -0.120. The van der Waals surface area contributed by atoms with Crippen LogP contribution in [0.25, 0.3) is 0 Å². The summed E-state index contributed by atoms with van der Waals surface area (Å²) in [4.78, 5) is 23.6. The van der Waals surface area contributed by atoms with Gasteiger partial charge in [-0.2, -0.15) is 0 Å². The molecule has 7 heteroatoms. The number of carbonyl (C=O) groups excluding carboxylic acids is 1. The number of fused-ring (bicyclic) bond motifs is 1. The van der Waals surface area contributed by atoms with E-state index in [0.29, 0.717) is 18.8 Å². The first-order valence-corrected chi connectivity index (χ1v) is 8.47. The van der Waals surface area contributed by atoms with Crippen molar-refractivity contribution in [3.63, 3.8) is 0 Å². The fourth-order valence-electron chi connectivity index (χ4n) is 3.61. The van der Waals surface area contributed by atoms with Crippen LogP contribution >= 0.6 is 0 Å². The van der Waals surface area contributed by atoms with Gasteiger partial charge in [0.25, 0.3) is 0 Å². The second-order valence-corrected chi connectivity index (χ2v) is 6.71. The third kappa shape index (κ3) is 3.79. The van der Waals surface area contributed by atoms with Crippen LogP contribution in [0.4, 0.5) is 0 Å². The monoisotopic (exact) mass is 331 g/mol. The van der Waals surface area contributed by atoms with Crippen molar-refractivity contribution < 1.29 is 24.4 Å². The van der Waals surface area contributed by atoms with Crippen molar-refractivity contribution in [3.8, 4) is 5.75 Å². The van der Waals surface area contributed by atoms with Gasteiger partial charge in [0.2, 0.25) is 0 Å². The van der Waals surface area contributed by atoms with Crippen molar-refractivity contribution in [1.29, 1.82) is 0 Å². The SMILES string of the molecule is O=C(CC1CCNCC1)C[C@H]1Cc2cccc(C(=O)O)c2OB1O. The quantitative estimate of drug-likeness (QED) is 0.708. The molecule has 0 aliphatic carbocycles. The van der Waals surface area contributed by atoms with Gasteiger partial charge >= 0.3 is 13.1 Å². The normalized spacial score (nSPS) is 21.0. The molecular weight excluding hydrogens is 309 g/mol. The molecule has 0 radical (unpaired) electrons. The maximum atomic E-state index is 12.3. The lowest BCUT2D eigenvalue weighted by Gasteiger charge is -2.28. The number of carbonyl (C=O) groups is 2. The molecule has 0 amide bonds. The molecule has 1 saturated heterocycles. The zero-order valence-corrected chi connectivity index (χ0v) is 13.5. The molecule has 1 aromatic rings. The average molecular weight is 331 g/mol. The number of piperidine rings is 1. The molecule has 0 saturated carbocycles. The van der Waals surface area contributed by atoms with Crippen molar-refractivity contribution in [1.82, 2.24) is 5.32 Å². The zero-order valence-electron chi connectivity index (χ0n) is 13.5. The summed E-state index contributed by atoms with van der Waals surface area (Å²) in [6, 6.07) is 4.91. The molecule has 128 valence electrons. The highest BCUT2D eigenvalue weighted by molar-refractivity contribution is 6.47. The largest absolute Gasteiger partial charge is 0.535 e. The molecule has 3 N–H and O–H groups in total. The van der Waals surface area contributed by atoms with E-state index in [1.165, 1.54) is 6.07 Å². The summed E-state index contributed by atoms with van der Waals surface area (Å²) in [5.41, 5.74) is 0.783. The van der Waals surface area contributed by atoms with E-state index in [4.69, 9.17) is 4.65 Å². The van der Waals surface area contributed by atoms with Crippen LogP contribution in [0.1, 0.15) is 41.6 Å². The Bertz CT molecular complexity index is 629. The highest BCUT2D eigenvalue weighted by Gasteiger charge is 2.37. The minimum atomic E-state index is -1.14. The van der Waals surface area contributed by atoms with Crippen molar-refractivity contribution in [3.05, 3.63) is 29.3 Å². The van der Waals surface area contributed by atoms with E-state index in [2.05, 4.69) is 5.32 Å². The van der Waals surface area contributed by atoms with E-state index in [1.54, 1.807) is 12.1 Å². The number of hydrogen-bond donors (Lipinski definition) is 3. The van der Waals surface area contributed by atoms with Gasteiger partial charge in [-0.3, -0.25) is 4.79 Å². The third-order valence-corrected chi connectivity index (χ3v) is 4.92. The zero-order chi connectivity index (χ0) is 17.1. The highest BCUT2D eigenvalue weighted by Crippen LogP contribution is 2.36. The lowest BCUT2D eigenvalue weighted by atomic mass is 9.64. The van der Waals surface area contributed by atoms with Gasteiger partial charge in [-0.1, -0.05) is 12.1 Å². The molecule has 0 bridgehead atoms. The number of aromatic carboxylic acids is 1. The van der Waals surface area contributed by atoms with E-state index in [9.17, 15) is 19.7 Å². The molecule has 24 heavy (non-hydrogen) atoms. The van der Waals surface area contributed by atoms with Gasteiger partial charge in [0.1, 0.15) is 11.5 Å². The topological polar surface area (TPSA) is 95.9 Å². The van der Waals surface area contributed by atoms with Crippen LogP contribution in [-0.4, -0.2) is 42.1 Å². The molecule has 2 aliphatic rings. The molecule has 0 spiro atoms. The first-order chi connectivity index (χ1) is 11.5. The standard InChI is InChI=1S/C17H22BNO5/c20-14(8-11-4-6-19-7-5-11)10-13-9-12-2-1-3-15(17(21)22)16(12)24-18(13)23/h1-3,11,13,19,23H,4-10H2,(H,21,22)/t13-/m1/s1. The van der Waals surface area contributed by atoms with Gasteiger partial charge in [-0.05, 0) is 49.9 Å². The predicted octanol–water partition coefficient (Wildman–Crippen LogP) is 1.52. The summed E-state index contributed by atoms with van der Waals surface area (Å²) in [6.07, 6.45) is 3.30. The van der Waals surface area contributed by atoms with Crippen LogP contribution in [0.2, 0.25) is 5.82 Å². The second-order valence-electron chi connectivity index (χ2n) is 6.71. The summed E-state index contributed by atoms with van der Waals surface area (Å²) >= 11 is 0. The fourth-order valence-corrected chi connectivity index (χ4v) is 3.61. The Hall–Kier alpha value is -1.86. The minimum Gasteiger partial charge on any atom is -0.535 e. The maximum absolute atomic E-state index is 12.3. The van der Waals surface area contributed by atoms with E-state index in [0.717, 1.165) is 31.5 Å². The Kier molecular flexibility index (Phi) is 5.21. The minimum absolute atomic E-state index is 0.0473. The Labute approximate surface area is 141 Å². The van der Waals surface area contributed by atoms with Gasteiger partial charge in [0, 0.05) is 18.7 Å². The first-order valence-electron chi connectivity index (χ1n) is 8.47. The number of rotatable bonds is 5. The van der Waals surface area contributed by atoms with Gasteiger partial charge in [-0.15, -0.1) is 0 Å². The van der Waals surface area contributed by atoms with Crippen LogP contribution in [0, 0.1) is 5.92 Å². The van der Waals surface area contributed by atoms with Crippen LogP contribution < -0.4 is 9.97 Å². The summed E-state index contributed by atoms with van der Waals surface area (Å²) in [5, 5.41) is 22.7. The average Bonchev–Trinajstić information content (AvgIpc) is 2.55. The van der Waals surface area contributed by atoms with Crippen molar-refractivity contribution in [2.75, 3.05) is 13.1 Å². The maximum Gasteiger partial charge on any atom is 0.526 e. The Morgan fingerprint density at radius 1 is 1.25 bits per heavy atom. The Morgan fingerprint density at radius 3 is 2.71 bits per heavy atom. The van der Waals surface area contributed by atoms with E-state index < -0.39 is 13.1 Å². The number of hydrogen-bond acceptors (Lipinski definition) is 5. The molecule has 6 nitrogen and oxygen atoms in total. The summed E-state index contributed by atoms with van der Waals surface area (Å²) < 4.78 is 5.44. The number of carboxylic acids is 1. The molecule has 0 aromatic heterocycles. The molecule has 0 unspecified atom stereocenters. The van der Waals surface area contributed by atoms with Crippen LogP contribution in [-0.2, 0) is 11.2 Å². The number of carboxylic acid groups (broad SMARTS) is 1. The molecule has 3 rings (SSSR count). The van der Waals surface area contributed by atoms with Crippen molar-refractivity contribution in [2.45, 2.75) is 37.9 Å². The molecule has 2 aliphatic heterocycles. The van der Waals surface area contributed by atoms with Crippen molar-refractivity contribution in [2.24, 2.45) is 5.92 Å². The number of benzene rings is 1. The first kappa shape index (κ1) is 17.0. The summed E-state index contributed by atoms with van der Waals surface area (Å²) in [6.45, 7) is 1.91. The second kappa shape index (κ2) is 7.36.